The van der Waals surface area contributed by atoms with Crippen molar-refractivity contribution in [3.63, 3.8) is 0 Å². The number of carbonyl (C=O) groups excluding carboxylic acids is 1. The minimum absolute atomic E-state index is 0.228. The van der Waals surface area contributed by atoms with Crippen LogP contribution in [0.1, 0.15) is 72.1 Å². The quantitative estimate of drug-likeness (QED) is 0.584. The van der Waals surface area contributed by atoms with E-state index in [1.54, 1.807) is 6.92 Å². The predicted octanol–water partition coefficient (Wildman–Crippen LogP) is 5.49. The Balaban J connectivity index is 1.66. The third kappa shape index (κ3) is 2.12. The summed E-state index contributed by atoms with van der Waals surface area (Å²) in [4.78, 5) is 12.1. The Morgan fingerprint density at radius 2 is 1.91 bits per heavy atom. The lowest BCUT2D eigenvalue weighted by atomic mass is 9.47. The molecular weight excluding hydrogens is 287 g/mol. The van der Waals surface area contributed by atoms with Crippen LogP contribution in [0, 0.1) is 34.5 Å². The lowest BCUT2D eigenvalue weighted by Crippen LogP contribution is -2.50. The Kier molecular flexibility index (Phi) is 3.56. The predicted molar refractivity (Wildman–Crippen MR) is 90.8 cm³/mol. The Morgan fingerprint density at radius 3 is 2.65 bits per heavy atom. The van der Waals surface area contributed by atoms with Crippen LogP contribution in [0.5, 0.6) is 0 Å². The Bertz CT molecular complexity index is 552. The number of hydrogen-bond donors (Lipinski definition) is 0. The highest BCUT2D eigenvalue weighted by molar-refractivity contribution is 5.79. The number of alkyl halides is 1. The largest absolute Gasteiger partial charge is 0.300 e. The summed E-state index contributed by atoms with van der Waals surface area (Å²) in [6.07, 6.45) is 10.1. The van der Waals surface area contributed by atoms with Crippen LogP contribution in [-0.2, 0) is 4.79 Å². The molecule has 3 fully saturated rings. The normalized spacial score (nSPS) is 52.2. The van der Waals surface area contributed by atoms with Crippen molar-refractivity contribution in [2.24, 2.45) is 34.5 Å². The van der Waals surface area contributed by atoms with E-state index in [4.69, 9.17) is 0 Å². The van der Waals surface area contributed by atoms with Crippen molar-refractivity contribution >= 4 is 5.78 Å². The van der Waals surface area contributed by atoms with Gasteiger partial charge in [-0.1, -0.05) is 25.5 Å². The zero-order valence-electron chi connectivity index (χ0n) is 14.9. The molecule has 0 aromatic carbocycles. The smallest absolute Gasteiger partial charge is 0.133 e. The minimum Gasteiger partial charge on any atom is -0.300 e. The van der Waals surface area contributed by atoms with E-state index in [0.717, 1.165) is 37.5 Å². The first kappa shape index (κ1) is 15.8. The lowest BCUT2D eigenvalue weighted by Gasteiger charge is -2.57. The monoisotopic (exact) mass is 318 g/mol. The standard InChI is InChI=1S/C21H31FO/c1-13(23)17-6-7-18-16-5-4-14-12-15(22)8-10-20(14,2)19(16)9-11-21(17,18)3/h4,15-19H,5-12H2,1-3H3/t15?,16?,17?,18?,19?,20?,21-/m1/s1. The van der Waals surface area contributed by atoms with Crippen molar-refractivity contribution in [2.45, 2.75) is 78.3 Å². The third-order valence-electron chi connectivity index (χ3n) is 8.53. The fraction of sp³-hybridized carbons (Fsp3) is 0.857. The number of rotatable bonds is 1. The first-order chi connectivity index (χ1) is 10.9. The summed E-state index contributed by atoms with van der Waals surface area (Å²) in [5, 5.41) is 0. The molecule has 0 saturated heterocycles. The number of fused-ring (bicyclic) bond motifs is 5. The number of hydrogen-bond acceptors (Lipinski definition) is 1. The van der Waals surface area contributed by atoms with Crippen LogP contribution < -0.4 is 0 Å². The zero-order valence-corrected chi connectivity index (χ0v) is 14.9. The molecule has 4 aliphatic rings. The van der Waals surface area contributed by atoms with Crippen LogP contribution >= 0.6 is 0 Å². The topological polar surface area (TPSA) is 17.1 Å². The van der Waals surface area contributed by atoms with Crippen LogP contribution in [0.15, 0.2) is 11.6 Å². The molecule has 0 aliphatic heterocycles. The van der Waals surface area contributed by atoms with Crippen molar-refractivity contribution in [3.8, 4) is 0 Å². The highest BCUT2D eigenvalue weighted by Crippen LogP contribution is 2.66. The molecule has 6 unspecified atom stereocenters. The van der Waals surface area contributed by atoms with Gasteiger partial charge in [0.25, 0.3) is 0 Å². The van der Waals surface area contributed by atoms with E-state index in [2.05, 4.69) is 19.9 Å². The molecule has 0 radical (unpaired) electrons. The Morgan fingerprint density at radius 1 is 1.13 bits per heavy atom. The van der Waals surface area contributed by atoms with Gasteiger partial charge in [-0.15, -0.1) is 0 Å². The minimum atomic E-state index is -0.617. The second kappa shape index (κ2) is 5.17. The molecule has 4 rings (SSSR count). The summed E-state index contributed by atoms with van der Waals surface area (Å²) in [6.45, 7) is 6.61. The summed E-state index contributed by atoms with van der Waals surface area (Å²) < 4.78 is 13.9. The van der Waals surface area contributed by atoms with Crippen LogP contribution in [0.4, 0.5) is 4.39 Å². The molecule has 0 aromatic heterocycles. The lowest BCUT2D eigenvalue weighted by molar-refractivity contribution is -0.127. The number of ketones is 1. The first-order valence-corrected chi connectivity index (χ1v) is 9.70. The van der Waals surface area contributed by atoms with Crippen molar-refractivity contribution < 1.29 is 9.18 Å². The summed E-state index contributed by atoms with van der Waals surface area (Å²) in [5.74, 6) is 2.84. The van der Waals surface area contributed by atoms with E-state index in [-0.39, 0.29) is 16.7 Å². The van der Waals surface area contributed by atoms with E-state index in [1.165, 1.54) is 24.8 Å². The van der Waals surface area contributed by atoms with Gasteiger partial charge in [-0.2, -0.15) is 0 Å². The van der Waals surface area contributed by atoms with E-state index in [0.29, 0.717) is 18.1 Å². The molecule has 0 spiro atoms. The van der Waals surface area contributed by atoms with E-state index in [1.807, 2.05) is 0 Å². The molecule has 0 heterocycles. The van der Waals surface area contributed by atoms with Crippen molar-refractivity contribution in [3.05, 3.63) is 11.6 Å². The maximum absolute atomic E-state index is 13.9. The second-order valence-corrected chi connectivity index (χ2v) is 9.38. The second-order valence-electron chi connectivity index (χ2n) is 9.38. The Labute approximate surface area is 140 Å². The van der Waals surface area contributed by atoms with Crippen LogP contribution in [0.3, 0.4) is 0 Å². The van der Waals surface area contributed by atoms with Gasteiger partial charge in [0.15, 0.2) is 0 Å². The third-order valence-corrected chi connectivity index (χ3v) is 8.53. The van der Waals surface area contributed by atoms with E-state index >= 15 is 0 Å². The first-order valence-electron chi connectivity index (χ1n) is 9.70. The zero-order chi connectivity index (χ0) is 16.4. The summed E-state index contributed by atoms with van der Waals surface area (Å²) in [6, 6.07) is 0. The van der Waals surface area contributed by atoms with E-state index < -0.39 is 6.17 Å². The molecule has 3 saturated carbocycles. The molecule has 1 nitrogen and oxygen atoms in total. The molecule has 0 aromatic rings. The van der Waals surface area contributed by atoms with Gasteiger partial charge in [-0.3, -0.25) is 4.79 Å². The molecule has 2 heteroatoms. The summed E-state index contributed by atoms with van der Waals surface area (Å²) in [7, 11) is 0. The molecule has 128 valence electrons. The number of carbonyl (C=O) groups is 1. The average Bonchev–Trinajstić information content (AvgIpc) is 2.85. The van der Waals surface area contributed by atoms with Crippen molar-refractivity contribution in [2.75, 3.05) is 0 Å². The van der Waals surface area contributed by atoms with Gasteiger partial charge in [-0.05, 0) is 80.5 Å². The van der Waals surface area contributed by atoms with Crippen molar-refractivity contribution in [1.82, 2.24) is 0 Å². The van der Waals surface area contributed by atoms with Crippen LogP contribution in [-0.4, -0.2) is 12.0 Å². The molecule has 0 bridgehead atoms. The fourth-order valence-corrected chi connectivity index (χ4v) is 7.28. The van der Waals surface area contributed by atoms with Gasteiger partial charge in [0.05, 0.1) is 0 Å². The fourth-order valence-electron chi connectivity index (χ4n) is 7.28. The summed E-state index contributed by atoms with van der Waals surface area (Å²) in [5.41, 5.74) is 1.88. The van der Waals surface area contributed by atoms with Crippen molar-refractivity contribution in [1.29, 1.82) is 0 Å². The average molecular weight is 318 g/mol. The molecule has 23 heavy (non-hydrogen) atoms. The molecular formula is C21H31FO. The maximum Gasteiger partial charge on any atom is 0.133 e. The maximum atomic E-state index is 13.9. The number of halogens is 1. The van der Waals surface area contributed by atoms with Crippen LogP contribution in [0.25, 0.3) is 0 Å². The summed E-state index contributed by atoms with van der Waals surface area (Å²) >= 11 is 0. The van der Waals surface area contributed by atoms with Gasteiger partial charge in [0.2, 0.25) is 0 Å². The molecule has 4 aliphatic carbocycles. The SMILES string of the molecule is CC(=O)C1CCC2C3CC=C4CC(F)CCC4(C)C3CC[C@]12C. The molecule has 0 N–H and O–H groups in total. The van der Waals surface area contributed by atoms with Gasteiger partial charge >= 0.3 is 0 Å². The number of allylic oxidation sites excluding steroid dienone is 2. The van der Waals surface area contributed by atoms with Gasteiger partial charge in [0.1, 0.15) is 12.0 Å². The Hall–Kier alpha value is -0.660. The highest BCUT2D eigenvalue weighted by Gasteiger charge is 2.59. The number of Topliss-reactive ketones (excluding diaryl/α,β-unsaturated/α-hetero) is 1. The van der Waals surface area contributed by atoms with Gasteiger partial charge in [-0.25, -0.2) is 4.39 Å². The van der Waals surface area contributed by atoms with Gasteiger partial charge in [0, 0.05) is 12.3 Å². The molecule has 7 atom stereocenters. The van der Waals surface area contributed by atoms with E-state index in [9.17, 15) is 9.18 Å². The van der Waals surface area contributed by atoms with Crippen LogP contribution in [0.2, 0.25) is 0 Å². The highest BCUT2D eigenvalue weighted by atomic mass is 19.1. The van der Waals surface area contributed by atoms with Gasteiger partial charge < -0.3 is 0 Å². The molecule has 0 amide bonds.